The Bertz CT molecular complexity index is 132. The Morgan fingerprint density at radius 2 is 1.57 bits per heavy atom. The number of rotatable bonds is 7. The van der Waals surface area contributed by atoms with E-state index in [1.165, 1.54) is 6.54 Å². The SMILES string of the molecule is CC(C)CNCC(C)CN(C)C(C)C. The monoisotopic (exact) mass is 200 g/mol. The van der Waals surface area contributed by atoms with Crippen molar-refractivity contribution in [2.75, 3.05) is 26.7 Å². The summed E-state index contributed by atoms with van der Waals surface area (Å²) in [5.41, 5.74) is 0. The molecule has 0 bridgehead atoms. The van der Waals surface area contributed by atoms with Crippen LogP contribution in [0, 0.1) is 11.8 Å². The lowest BCUT2D eigenvalue weighted by molar-refractivity contribution is 0.233. The van der Waals surface area contributed by atoms with Gasteiger partial charge in [0.2, 0.25) is 0 Å². The molecule has 0 rings (SSSR count). The van der Waals surface area contributed by atoms with Crippen molar-refractivity contribution in [3.8, 4) is 0 Å². The normalized spacial score (nSPS) is 14.4. The molecular weight excluding hydrogens is 172 g/mol. The molecule has 0 amide bonds. The van der Waals surface area contributed by atoms with Gasteiger partial charge in [0.05, 0.1) is 0 Å². The van der Waals surface area contributed by atoms with E-state index in [-0.39, 0.29) is 0 Å². The molecule has 0 fully saturated rings. The van der Waals surface area contributed by atoms with E-state index < -0.39 is 0 Å². The molecule has 2 nitrogen and oxygen atoms in total. The van der Waals surface area contributed by atoms with Crippen LogP contribution in [0.25, 0.3) is 0 Å². The van der Waals surface area contributed by atoms with Gasteiger partial charge in [-0.05, 0) is 45.8 Å². The maximum absolute atomic E-state index is 3.50. The average molecular weight is 200 g/mol. The van der Waals surface area contributed by atoms with E-state index in [0.29, 0.717) is 6.04 Å². The third kappa shape index (κ3) is 7.34. The molecule has 0 aromatic heterocycles. The Hall–Kier alpha value is -0.0800. The lowest BCUT2D eigenvalue weighted by atomic mass is 10.1. The number of hydrogen-bond donors (Lipinski definition) is 1. The molecule has 0 aliphatic carbocycles. The highest BCUT2D eigenvalue weighted by Gasteiger charge is 2.08. The fourth-order valence-corrected chi connectivity index (χ4v) is 1.39. The summed E-state index contributed by atoms with van der Waals surface area (Å²) in [6.45, 7) is 14.7. The molecule has 86 valence electrons. The van der Waals surface area contributed by atoms with Gasteiger partial charge < -0.3 is 10.2 Å². The Morgan fingerprint density at radius 3 is 2.00 bits per heavy atom. The molecule has 14 heavy (non-hydrogen) atoms. The lowest BCUT2D eigenvalue weighted by Gasteiger charge is -2.25. The second kappa shape index (κ2) is 7.24. The average Bonchev–Trinajstić information content (AvgIpc) is 2.02. The van der Waals surface area contributed by atoms with Crippen molar-refractivity contribution in [1.82, 2.24) is 10.2 Å². The molecule has 0 aromatic carbocycles. The third-order valence-corrected chi connectivity index (χ3v) is 2.53. The van der Waals surface area contributed by atoms with Gasteiger partial charge in [-0.3, -0.25) is 0 Å². The molecule has 0 saturated carbocycles. The van der Waals surface area contributed by atoms with Crippen LogP contribution in [0.2, 0.25) is 0 Å². The summed E-state index contributed by atoms with van der Waals surface area (Å²) < 4.78 is 0. The molecule has 1 N–H and O–H groups in total. The maximum Gasteiger partial charge on any atom is 0.00356 e. The van der Waals surface area contributed by atoms with Crippen molar-refractivity contribution in [2.45, 2.75) is 40.7 Å². The van der Waals surface area contributed by atoms with Crippen LogP contribution in [0.5, 0.6) is 0 Å². The smallest absolute Gasteiger partial charge is 0.00356 e. The highest BCUT2D eigenvalue weighted by molar-refractivity contribution is 4.65. The predicted molar refractivity (Wildman–Crippen MR) is 64.6 cm³/mol. The van der Waals surface area contributed by atoms with Gasteiger partial charge >= 0.3 is 0 Å². The molecule has 0 aliphatic heterocycles. The Balaban J connectivity index is 3.50. The zero-order valence-corrected chi connectivity index (χ0v) is 10.8. The summed E-state index contributed by atoms with van der Waals surface area (Å²) in [6, 6.07) is 0.655. The minimum absolute atomic E-state index is 0.655. The van der Waals surface area contributed by atoms with Gasteiger partial charge in [-0.1, -0.05) is 20.8 Å². The number of nitrogens with zero attached hydrogens (tertiary/aromatic N) is 1. The first kappa shape index (κ1) is 13.9. The van der Waals surface area contributed by atoms with Gasteiger partial charge in [-0.2, -0.15) is 0 Å². The zero-order valence-electron chi connectivity index (χ0n) is 10.8. The molecule has 1 unspecified atom stereocenters. The lowest BCUT2D eigenvalue weighted by Crippen LogP contribution is -2.35. The summed E-state index contributed by atoms with van der Waals surface area (Å²) in [6.07, 6.45) is 0. The first-order chi connectivity index (χ1) is 6.43. The Labute approximate surface area is 90.1 Å². The highest BCUT2D eigenvalue weighted by atomic mass is 15.1. The van der Waals surface area contributed by atoms with E-state index in [1.807, 2.05) is 0 Å². The van der Waals surface area contributed by atoms with Crippen LogP contribution in [-0.2, 0) is 0 Å². The summed E-state index contributed by atoms with van der Waals surface area (Å²) in [7, 11) is 2.20. The molecule has 0 saturated heterocycles. The zero-order chi connectivity index (χ0) is 11.1. The largest absolute Gasteiger partial charge is 0.316 e. The Morgan fingerprint density at radius 1 is 1.00 bits per heavy atom. The molecule has 0 heterocycles. The fraction of sp³-hybridized carbons (Fsp3) is 1.00. The van der Waals surface area contributed by atoms with Gasteiger partial charge in [0.15, 0.2) is 0 Å². The second-order valence-electron chi connectivity index (χ2n) is 5.19. The summed E-state index contributed by atoms with van der Waals surface area (Å²) >= 11 is 0. The van der Waals surface area contributed by atoms with Crippen LogP contribution in [-0.4, -0.2) is 37.6 Å². The van der Waals surface area contributed by atoms with E-state index in [0.717, 1.165) is 24.9 Å². The van der Waals surface area contributed by atoms with Crippen molar-refractivity contribution in [3.63, 3.8) is 0 Å². The summed E-state index contributed by atoms with van der Waals surface area (Å²) in [5.74, 6) is 1.49. The molecular formula is C12H28N2. The van der Waals surface area contributed by atoms with E-state index >= 15 is 0 Å². The van der Waals surface area contributed by atoms with Crippen molar-refractivity contribution >= 4 is 0 Å². The van der Waals surface area contributed by atoms with Crippen LogP contribution in [0.4, 0.5) is 0 Å². The quantitative estimate of drug-likeness (QED) is 0.678. The van der Waals surface area contributed by atoms with Crippen molar-refractivity contribution in [3.05, 3.63) is 0 Å². The van der Waals surface area contributed by atoms with Crippen molar-refractivity contribution < 1.29 is 0 Å². The van der Waals surface area contributed by atoms with Gasteiger partial charge in [0.1, 0.15) is 0 Å². The van der Waals surface area contributed by atoms with E-state index in [2.05, 4.69) is 51.9 Å². The summed E-state index contributed by atoms with van der Waals surface area (Å²) in [4.78, 5) is 2.40. The van der Waals surface area contributed by atoms with Crippen molar-refractivity contribution in [2.24, 2.45) is 11.8 Å². The van der Waals surface area contributed by atoms with Gasteiger partial charge in [-0.15, -0.1) is 0 Å². The van der Waals surface area contributed by atoms with Crippen molar-refractivity contribution in [1.29, 1.82) is 0 Å². The molecule has 2 heteroatoms. The number of hydrogen-bond acceptors (Lipinski definition) is 2. The van der Waals surface area contributed by atoms with Gasteiger partial charge in [0.25, 0.3) is 0 Å². The van der Waals surface area contributed by atoms with Crippen LogP contribution in [0.3, 0.4) is 0 Å². The molecule has 0 radical (unpaired) electrons. The highest BCUT2D eigenvalue weighted by Crippen LogP contribution is 2.01. The molecule has 0 aliphatic rings. The number of nitrogens with one attached hydrogen (secondary N) is 1. The van der Waals surface area contributed by atoms with Crippen LogP contribution in [0.15, 0.2) is 0 Å². The Kier molecular flexibility index (Phi) is 7.20. The summed E-state index contributed by atoms with van der Waals surface area (Å²) in [5, 5.41) is 3.50. The van der Waals surface area contributed by atoms with Gasteiger partial charge in [0, 0.05) is 12.6 Å². The van der Waals surface area contributed by atoms with Crippen LogP contribution >= 0.6 is 0 Å². The third-order valence-electron chi connectivity index (χ3n) is 2.53. The molecule has 0 spiro atoms. The molecule has 1 atom stereocenters. The standard InChI is InChI=1S/C12H28N2/c1-10(2)7-13-8-12(5)9-14(6)11(3)4/h10-13H,7-9H2,1-6H3. The van der Waals surface area contributed by atoms with E-state index in [4.69, 9.17) is 0 Å². The van der Waals surface area contributed by atoms with E-state index in [1.54, 1.807) is 0 Å². The van der Waals surface area contributed by atoms with Crippen LogP contribution in [0.1, 0.15) is 34.6 Å². The van der Waals surface area contributed by atoms with Crippen LogP contribution < -0.4 is 5.32 Å². The topological polar surface area (TPSA) is 15.3 Å². The maximum atomic E-state index is 3.50. The first-order valence-electron chi connectivity index (χ1n) is 5.84. The predicted octanol–water partition coefficient (Wildman–Crippen LogP) is 2.21. The molecule has 0 aromatic rings. The first-order valence-corrected chi connectivity index (χ1v) is 5.84. The fourth-order valence-electron chi connectivity index (χ4n) is 1.39. The van der Waals surface area contributed by atoms with E-state index in [9.17, 15) is 0 Å². The second-order valence-corrected chi connectivity index (χ2v) is 5.19. The minimum atomic E-state index is 0.655. The minimum Gasteiger partial charge on any atom is -0.316 e. The van der Waals surface area contributed by atoms with Gasteiger partial charge in [-0.25, -0.2) is 0 Å².